The lowest BCUT2D eigenvalue weighted by molar-refractivity contribution is 0.102. The van der Waals surface area contributed by atoms with E-state index in [0.717, 1.165) is 22.9 Å². The molecular weight excluding hydrogens is 418 g/mol. The molecule has 2 heterocycles. The molecule has 164 valence electrons. The van der Waals surface area contributed by atoms with Crippen molar-refractivity contribution in [3.63, 3.8) is 0 Å². The highest BCUT2D eigenvalue weighted by atomic mass is 16.5. The fourth-order valence-electron chi connectivity index (χ4n) is 5.07. The van der Waals surface area contributed by atoms with Gasteiger partial charge in [-0.05, 0) is 36.8 Å². The number of benzene rings is 2. The summed E-state index contributed by atoms with van der Waals surface area (Å²) in [4.78, 5) is 17.4. The number of nitrogens with one attached hydrogen (secondary N) is 1. The summed E-state index contributed by atoms with van der Waals surface area (Å²) < 4.78 is 6.93. The summed E-state index contributed by atoms with van der Waals surface area (Å²) in [6.45, 7) is 0. The summed E-state index contributed by atoms with van der Waals surface area (Å²) in [5.74, 6) is 0.292. The number of nitrogens with zero attached hydrogens (tertiary/aromatic N) is 2. The van der Waals surface area contributed by atoms with Crippen LogP contribution in [0.2, 0.25) is 0 Å². The van der Waals surface area contributed by atoms with Gasteiger partial charge in [-0.25, -0.2) is 4.57 Å². The Bertz CT molecular complexity index is 1430. The number of carbonyl (C=O) groups is 1. The number of aromatic nitrogens is 2. The van der Waals surface area contributed by atoms with E-state index in [2.05, 4.69) is 22.5 Å². The molecule has 2 bridgehead atoms. The topological polar surface area (TPSA) is 96.6 Å². The maximum absolute atomic E-state index is 13.0. The Morgan fingerprint density at radius 3 is 2.52 bits per heavy atom. The molecule has 2 aliphatic carbocycles. The molecular formula is C26H21N3O4. The summed E-state index contributed by atoms with van der Waals surface area (Å²) in [6.07, 6.45) is 6.71. The first-order valence-corrected chi connectivity index (χ1v) is 10.7. The third-order valence-electron chi connectivity index (χ3n) is 6.58. The van der Waals surface area contributed by atoms with Gasteiger partial charge in [-0.3, -0.25) is 9.78 Å². The second-order valence-corrected chi connectivity index (χ2v) is 8.37. The minimum atomic E-state index is -0.316. The van der Waals surface area contributed by atoms with Crippen molar-refractivity contribution >= 4 is 22.5 Å². The number of methoxy groups -OCH3 is 1. The van der Waals surface area contributed by atoms with Gasteiger partial charge < -0.3 is 20.3 Å². The highest BCUT2D eigenvalue weighted by Crippen LogP contribution is 2.57. The molecule has 2 aromatic carbocycles. The zero-order valence-electron chi connectivity index (χ0n) is 17.8. The van der Waals surface area contributed by atoms with Crippen molar-refractivity contribution in [2.75, 3.05) is 12.4 Å². The van der Waals surface area contributed by atoms with Crippen LogP contribution in [-0.4, -0.2) is 32.8 Å². The summed E-state index contributed by atoms with van der Waals surface area (Å²) in [7, 11) is 1.49. The number of hydrogen-bond acceptors (Lipinski definition) is 5. The lowest BCUT2D eigenvalue weighted by Crippen LogP contribution is -2.13. The van der Waals surface area contributed by atoms with E-state index in [-0.39, 0.29) is 29.5 Å². The Morgan fingerprint density at radius 2 is 1.79 bits per heavy atom. The van der Waals surface area contributed by atoms with E-state index >= 15 is 0 Å². The molecule has 6 rings (SSSR count). The largest absolute Gasteiger partial charge is 0.495 e. The second kappa shape index (κ2) is 7.13. The molecule has 0 radical (unpaired) electrons. The molecule has 0 saturated heterocycles. The summed E-state index contributed by atoms with van der Waals surface area (Å²) in [5.41, 5.74) is 3.70. The van der Waals surface area contributed by atoms with E-state index in [1.165, 1.54) is 11.7 Å². The SMILES string of the molecule is COc1cc(C(=O)Nc2cccc3cccnc23)ccc1-n1c(O)c2c(c1O)[C@H]1C=C[C@@H]2C1. The van der Waals surface area contributed by atoms with Gasteiger partial charge in [0.05, 0.1) is 24.0 Å². The zero-order valence-corrected chi connectivity index (χ0v) is 17.8. The third kappa shape index (κ3) is 2.82. The maximum Gasteiger partial charge on any atom is 0.255 e. The molecule has 0 spiro atoms. The first-order valence-electron chi connectivity index (χ1n) is 10.7. The van der Waals surface area contributed by atoms with E-state index in [1.807, 2.05) is 24.3 Å². The van der Waals surface area contributed by atoms with Crippen LogP contribution in [0.5, 0.6) is 17.5 Å². The van der Waals surface area contributed by atoms with Crippen LogP contribution in [-0.2, 0) is 0 Å². The number of fused-ring (bicyclic) bond motifs is 6. The molecule has 0 unspecified atom stereocenters. The van der Waals surface area contributed by atoms with Crippen LogP contribution in [0.25, 0.3) is 16.6 Å². The number of aromatic hydroxyl groups is 2. The number of amides is 1. The molecule has 33 heavy (non-hydrogen) atoms. The zero-order chi connectivity index (χ0) is 22.7. The van der Waals surface area contributed by atoms with E-state index < -0.39 is 0 Å². The van der Waals surface area contributed by atoms with Crippen molar-refractivity contribution in [2.45, 2.75) is 18.3 Å². The van der Waals surface area contributed by atoms with Crippen molar-refractivity contribution in [2.24, 2.45) is 0 Å². The number of allylic oxidation sites excluding steroid dienone is 2. The number of carbonyl (C=O) groups excluding carboxylic acids is 1. The van der Waals surface area contributed by atoms with Crippen LogP contribution in [0.3, 0.4) is 0 Å². The Balaban J connectivity index is 1.36. The van der Waals surface area contributed by atoms with Gasteiger partial charge in [0.1, 0.15) is 5.75 Å². The molecule has 0 saturated carbocycles. The van der Waals surface area contributed by atoms with Crippen molar-refractivity contribution in [1.82, 2.24) is 9.55 Å². The smallest absolute Gasteiger partial charge is 0.255 e. The third-order valence-corrected chi connectivity index (χ3v) is 6.58. The minimum absolute atomic E-state index is 0.0108. The predicted molar refractivity (Wildman–Crippen MR) is 125 cm³/mol. The van der Waals surface area contributed by atoms with Gasteiger partial charge in [-0.1, -0.05) is 30.4 Å². The van der Waals surface area contributed by atoms with E-state index in [1.54, 1.807) is 30.5 Å². The number of ether oxygens (including phenoxy) is 1. The Kier molecular flexibility index (Phi) is 4.20. The van der Waals surface area contributed by atoms with Gasteiger partial charge >= 0.3 is 0 Å². The number of hydrogen-bond donors (Lipinski definition) is 3. The number of rotatable bonds is 4. The van der Waals surface area contributed by atoms with Crippen molar-refractivity contribution in [3.8, 4) is 23.2 Å². The summed E-state index contributed by atoms with van der Waals surface area (Å²) in [6, 6.07) is 14.3. The van der Waals surface area contributed by atoms with Crippen molar-refractivity contribution < 1.29 is 19.7 Å². The summed E-state index contributed by atoms with van der Waals surface area (Å²) in [5, 5.41) is 25.7. The molecule has 7 nitrogen and oxygen atoms in total. The minimum Gasteiger partial charge on any atom is -0.495 e. The van der Waals surface area contributed by atoms with E-state index in [4.69, 9.17) is 4.74 Å². The van der Waals surface area contributed by atoms with Gasteiger partial charge in [0.25, 0.3) is 5.91 Å². The van der Waals surface area contributed by atoms with E-state index in [9.17, 15) is 15.0 Å². The van der Waals surface area contributed by atoms with Crippen LogP contribution in [0.4, 0.5) is 5.69 Å². The monoisotopic (exact) mass is 439 g/mol. The molecule has 4 aromatic rings. The van der Waals surface area contributed by atoms with Gasteiger partial charge in [-0.15, -0.1) is 0 Å². The van der Waals surface area contributed by atoms with Gasteiger partial charge in [0.15, 0.2) is 0 Å². The van der Waals surface area contributed by atoms with Crippen molar-refractivity contribution in [3.05, 3.63) is 83.6 Å². The lowest BCUT2D eigenvalue weighted by atomic mass is 10.0. The fourth-order valence-corrected chi connectivity index (χ4v) is 5.07. The Labute approximate surface area is 189 Å². The Morgan fingerprint density at radius 1 is 1.06 bits per heavy atom. The van der Waals surface area contributed by atoms with Crippen LogP contribution in [0.1, 0.15) is 39.7 Å². The second-order valence-electron chi connectivity index (χ2n) is 8.37. The molecule has 7 heteroatoms. The fraction of sp³-hybridized carbons (Fsp3) is 0.154. The molecule has 0 fully saturated rings. The van der Waals surface area contributed by atoms with Gasteiger partial charge in [0.2, 0.25) is 11.8 Å². The van der Waals surface area contributed by atoms with Crippen LogP contribution >= 0.6 is 0 Å². The maximum atomic E-state index is 13.0. The first kappa shape index (κ1) is 19.4. The van der Waals surface area contributed by atoms with Crippen LogP contribution in [0, 0.1) is 0 Å². The number of anilines is 1. The normalized spacial score (nSPS) is 18.0. The molecule has 2 aliphatic rings. The summed E-state index contributed by atoms with van der Waals surface area (Å²) >= 11 is 0. The molecule has 1 amide bonds. The average molecular weight is 439 g/mol. The lowest BCUT2D eigenvalue weighted by Gasteiger charge is -2.15. The molecule has 2 aromatic heterocycles. The molecule has 3 N–H and O–H groups in total. The number of pyridine rings is 1. The highest BCUT2D eigenvalue weighted by molar-refractivity contribution is 6.08. The first-order chi connectivity index (χ1) is 16.1. The van der Waals surface area contributed by atoms with E-state index in [0.29, 0.717) is 28.2 Å². The predicted octanol–water partition coefficient (Wildman–Crippen LogP) is 4.84. The van der Waals surface area contributed by atoms with Gasteiger partial charge in [0, 0.05) is 40.1 Å². The van der Waals surface area contributed by atoms with Crippen LogP contribution in [0.15, 0.2) is 66.9 Å². The number of para-hydroxylation sites is 1. The molecule has 2 atom stereocenters. The Hall–Kier alpha value is -4.26. The molecule has 0 aliphatic heterocycles. The van der Waals surface area contributed by atoms with Gasteiger partial charge in [-0.2, -0.15) is 0 Å². The highest BCUT2D eigenvalue weighted by Gasteiger charge is 2.41. The van der Waals surface area contributed by atoms with Crippen LogP contribution < -0.4 is 10.1 Å². The average Bonchev–Trinajstić information content (AvgIpc) is 3.52. The quantitative estimate of drug-likeness (QED) is 0.396. The standard InChI is InChI=1S/C26H21N3O4/c1-33-20-13-17(24(30)28-18-6-2-4-14-5-3-11-27-23(14)18)9-10-19(20)29-25(31)21-15-7-8-16(12-15)22(21)26(29)32/h2-11,13,15-16,31-32H,12H2,1H3,(H,28,30)/t15-,16+. The van der Waals surface area contributed by atoms with Crippen molar-refractivity contribution in [1.29, 1.82) is 0 Å².